The molecule has 0 amide bonds. The highest BCUT2D eigenvalue weighted by molar-refractivity contribution is 5.98. The van der Waals surface area contributed by atoms with Gasteiger partial charge in [-0.2, -0.15) is 0 Å². The maximum absolute atomic E-state index is 12.6. The van der Waals surface area contributed by atoms with Crippen molar-refractivity contribution in [3.63, 3.8) is 0 Å². The van der Waals surface area contributed by atoms with Gasteiger partial charge in [0.05, 0.1) is 6.20 Å². The van der Waals surface area contributed by atoms with Crippen molar-refractivity contribution in [3.05, 3.63) is 94.8 Å². The Morgan fingerprint density at radius 2 is 1.40 bits per heavy atom. The summed E-state index contributed by atoms with van der Waals surface area (Å²) in [5.74, 6) is 0.423. The van der Waals surface area contributed by atoms with E-state index >= 15 is 0 Å². The summed E-state index contributed by atoms with van der Waals surface area (Å²) in [6.07, 6.45) is 3.03. The first-order valence-corrected chi connectivity index (χ1v) is 9.69. The SMILES string of the molecule is CC(=O)c1ccc(CC(=O)c2cncc(O[C@H](C)c3ccc(C(C)=O)cc3)c2)cc1. The molecule has 1 atom stereocenters. The molecular weight excluding hydrogens is 378 g/mol. The second kappa shape index (κ2) is 9.27. The summed E-state index contributed by atoms with van der Waals surface area (Å²) in [7, 11) is 0. The van der Waals surface area contributed by atoms with Crippen molar-refractivity contribution in [2.24, 2.45) is 0 Å². The second-order valence-corrected chi connectivity index (χ2v) is 7.20. The van der Waals surface area contributed by atoms with E-state index in [1.54, 1.807) is 48.7 Å². The van der Waals surface area contributed by atoms with Gasteiger partial charge in [0.25, 0.3) is 0 Å². The molecular formula is C25H23NO4. The first-order valence-electron chi connectivity index (χ1n) is 9.69. The number of nitrogens with zero attached hydrogens (tertiary/aromatic N) is 1. The molecule has 3 aromatic rings. The van der Waals surface area contributed by atoms with E-state index in [1.807, 2.05) is 19.1 Å². The van der Waals surface area contributed by atoms with Gasteiger partial charge in [-0.25, -0.2) is 0 Å². The number of aromatic nitrogens is 1. The molecule has 3 rings (SSSR count). The van der Waals surface area contributed by atoms with Crippen LogP contribution in [0.5, 0.6) is 5.75 Å². The molecule has 5 heteroatoms. The molecule has 2 aromatic carbocycles. The first-order chi connectivity index (χ1) is 14.3. The molecule has 0 aliphatic heterocycles. The standard InChI is InChI=1S/C25H23NO4/c1-16(27)20-6-4-19(5-7-20)12-25(29)23-13-24(15-26-14-23)30-18(3)22-10-8-21(9-11-22)17(2)28/h4-11,13-15,18H,12H2,1-3H3/t18-/m1/s1. The Labute approximate surface area is 175 Å². The van der Waals surface area contributed by atoms with E-state index in [9.17, 15) is 14.4 Å². The van der Waals surface area contributed by atoms with Crippen molar-refractivity contribution in [1.82, 2.24) is 4.98 Å². The Morgan fingerprint density at radius 3 is 1.97 bits per heavy atom. The summed E-state index contributed by atoms with van der Waals surface area (Å²) < 4.78 is 5.95. The van der Waals surface area contributed by atoms with Crippen molar-refractivity contribution in [3.8, 4) is 5.75 Å². The van der Waals surface area contributed by atoms with E-state index in [0.717, 1.165) is 11.1 Å². The van der Waals surface area contributed by atoms with Gasteiger partial charge in [-0.15, -0.1) is 0 Å². The lowest BCUT2D eigenvalue weighted by atomic mass is 10.0. The van der Waals surface area contributed by atoms with Crippen LogP contribution < -0.4 is 4.74 Å². The maximum Gasteiger partial charge on any atom is 0.168 e. The van der Waals surface area contributed by atoms with Gasteiger partial charge in [0.1, 0.15) is 11.9 Å². The summed E-state index contributed by atoms with van der Waals surface area (Å²) in [5, 5.41) is 0. The van der Waals surface area contributed by atoms with Gasteiger partial charge >= 0.3 is 0 Å². The number of hydrogen-bond acceptors (Lipinski definition) is 5. The van der Waals surface area contributed by atoms with Crippen molar-refractivity contribution >= 4 is 17.3 Å². The second-order valence-electron chi connectivity index (χ2n) is 7.20. The van der Waals surface area contributed by atoms with Gasteiger partial charge < -0.3 is 4.74 Å². The molecule has 0 saturated carbocycles. The molecule has 0 bridgehead atoms. The quantitative estimate of drug-likeness (QED) is 0.494. The van der Waals surface area contributed by atoms with Crippen LogP contribution in [0.3, 0.4) is 0 Å². The molecule has 30 heavy (non-hydrogen) atoms. The summed E-state index contributed by atoms with van der Waals surface area (Å²) in [6.45, 7) is 4.94. The van der Waals surface area contributed by atoms with Crippen LogP contribution in [0.2, 0.25) is 0 Å². The minimum absolute atomic E-state index is 0.00743. The van der Waals surface area contributed by atoms with Crippen LogP contribution in [-0.4, -0.2) is 22.3 Å². The van der Waals surface area contributed by atoms with Crippen molar-refractivity contribution < 1.29 is 19.1 Å². The molecule has 152 valence electrons. The van der Waals surface area contributed by atoms with Crippen molar-refractivity contribution in [2.75, 3.05) is 0 Å². The van der Waals surface area contributed by atoms with Crippen LogP contribution in [-0.2, 0) is 6.42 Å². The molecule has 0 saturated heterocycles. The zero-order valence-electron chi connectivity index (χ0n) is 17.2. The third kappa shape index (κ3) is 5.26. The molecule has 1 heterocycles. The normalized spacial score (nSPS) is 11.6. The average Bonchev–Trinajstić information content (AvgIpc) is 2.74. The fourth-order valence-corrected chi connectivity index (χ4v) is 3.04. The highest BCUT2D eigenvalue weighted by Crippen LogP contribution is 2.23. The minimum atomic E-state index is -0.266. The van der Waals surface area contributed by atoms with Crippen LogP contribution in [0.25, 0.3) is 0 Å². The molecule has 0 aliphatic carbocycles. The number of Topliss-reactive ketones (excluding diaryl/α,β-unsaturated/α-hetero) is 3. The van der Waals surface area contributed by atoms with Crippen molar-refractivity contribution in [1.29, 1.82) is 0 Å². The topological polar surface area (TPSA) is 73.3 Å². The third-order valence-electron chi connectivity index (χ3n) is 4.86. The maximum atomic E-state index is 12.6. The lowest BCUT2D eigenvalue weighted by molar-refractivity contribution is 0.0988. The van der Waals surface area contributed by atoms with Gasteiger partial charge in [0.2, 0.25) is 0 Å². The Bertz CT molecular complexity index is 1070. The fourth-order valence-electron chi connectivity index (χ4n) is 3.04. The monoisotopic (exact) mass is 401 g/mol. The van der Waals surface area contributed by atoms with E-state index < -0.39 is 0 Å². The van der Waals surface area contributed by atoms with E-state index in [0.29, 0.717) is 22.4 Å². The number of rotatable bonds is 8. The zero-order valence-corrected chi connectivity index (χ0v) is 17.2. The van der Waals surface area contributed by atoms with E-state index in [2.05, 4.69) is 4.98 Å². The number of benzene rings is 2. The fraction of sp³-hybridized carbons (Fsp3) is 0.200. The van der Waals surface area contributed by atoms with E-state index in [4.69, 9.17) is 4.74 Å². The van der Waals surface area contributed by atoms with Crippen LogP contribution in [0, 0.1) is 0 Å². The molecule has 0 spiro atoms. The Morgan fingerprint density at radius 1 is 0.833 bits per heavy atom. The van der Waals surface area contributed by atoms with Crippen LogP contribution in [0.4, 0.5) is 0 Å². The summed E-state index contributed by atoms with van der Waals surface area (Å²) >= 11 is 0. The number of pyridine rings is 1. The minimum Gasteiger partial charge on any atom is -0.484 e. The number of ketones is 3. The van der Waals surface area contributed by atoms with Gasteiger partial charge in [-0.3, -0.25) is 19.4 Å². The van der Waals surface area contributed by atoms with E-state index in [-0.39, 0.29) is 29.9 Å². The molecule has 0 fully saturated rings. The average molecular weight is 401 g/mol. The highest BCUT2D eigenvalue weighted by Gasteiger charge is 2.13. The smallest absolute Gasteiger partial charge is 0.168 e. The molecule has 0 N–H and O–H groups in total. The predicted molar refractivity (Wildman–Crippen MR) is 114 cm³/mol. The predicted octanol–water partition coefficient (Wildman–Crippen LogP) is 5.05. The molecule has 5 nitrogen and oxygen atoms in total. The van der Waals surface area contributed by atoms with Crippen LogP contribution >= 0.6 is 0 Å². The van der Waals surface area contributed by atoms with Crippen molar-refractivity contribution in [2.45, 2.75) is 33.3 Å². The largest absolute Gasteiger partial charge is 0.484 e. The van der Waals surface area contributed by atoms with Gasteiger partial charge in [0, 0.05) is 29.3 Å². The lowest BCUT2D eigenvalue weighted by Gasteiger charge is -2.15. The molecule has 0 unspecified atom stereocenters. The Kier molecular flexibility index (Phi) is 6.52. The zero-order chi connectivity index (χ0) is 21.7. The Balaban J connectivity index is 1.68. The number of hydrogen-bond donors (Lipinski definition) is 0. The van der Waals surface area contributed by atoms with Gasteiger partial charge in [0.15, 0.2) is 17.3 Å². The molecule has 0 aliphatic rings. The highest BCUT2D eigenvalue weighted by atomic mass is 16.5. The first kappa shape index (κ1) is 21.1. The Hall–Kier alpha value is -3.60. The lowest BCUT2D eigenvalue weighted by Crippen LogP contribution is -2.07. The third-order valence-corrected chi connectivity index (χ3v) is 4.86. The van der Waals surface area contributed by atoms with Crippen LogP contribution in [0.15, 0.2) is 67.0 Å². The number of carbonyl (C=O) groups excluding carboxylic acids is 3. The van der Waals surface area contributed by atoms with Gasteiger partial charge in [-0.05, 0) is 38.0 Å². The number of ether oxygens (including phenoxy) is 1. The summed E-state index contributed by atoms with van der Waals surface area (Å²) in [6, 6.07) is 16.0. The molecule has 1 aromatic heterocycles. The summed E-state index contributed by atoms with van der Waals surface area (Å²) in [4.78, 5) is 39.6. The number of carbonyl (C=O) groups is 3. The van der Waals surface area contributed by atoms with Crippen LogP contribution in [0.1, 0.15) is 69.1 Å². The summed E-state index contributed by atoms with van der Waals surface area (Å²) in [5.41, 5.74) is 3.48. The van der Waals surface area contributed by atoms with Gasteiger partial charge in [-0.1, -0.05) is 48.5 Å². The van der Waals surface area contributed by atoms with E-state index in [1.165, 1.54) is 20.0 Å². The molecule has 0 radical (unpaired) electrons.